The molecule has 0 fully saturated rings. The van der Waals surface area contributed by atoms with E-state index in [1.165, 1.54) is 18.2 Å². The molecular formula is C13H10ClFN2O3S. The molecule has 0 saturated carbocycles. The molecule has 0 aliphatic carbocycles. The number of nitrogens with zero attached hydrogens (tertiary/aromatic N) is 1. The molecule has 110 valence electrons. The third kappa shape index (κ3) is 3.56. The molecule has 2 rings (SSSR count). The smallest absolute Gasteiger partial charge is 0.273 e. The molecule has 21 heavy (non-hydrogen) atoms. The summed E-state index contributed by atoms with van der Waals surface area (Å²) >= 11 is 5.84. The average Bonchev–Trinajstić information content (AvgIpc) is 2.41. The summed E-state index contributed by atoms with van der Waals surface area (Å²) in [5, 5.41) is 11.1. The summed E-state index contributed by atoms with van der Waals surface area (Å²) in [5.41, 5.74) is 5.69. The second-order valence-corrected chi connectivity index (χ2v) is 6.06. The van der Waals surface area contributed by atoms with Gasteiger partial charge in [-0.15, -0.1) is 0 Å². The average molecular weight is 329 g/mol. The van der Waals surface area contributed by atoms with Crippen LogP contribution in [0.3, 0.4) is 0 Å². The molecule has 0 aliphatic rings. The van der Waals surface area contributed by atoms with Crippen LogP contribution in [0.25, 0.3) is 0 Å². The Balaban J connectivity index is 2.33. The van der Waals surface area contributed by atoms with Crippen molar-refractivity contribution in [3.8, 4) is 0 Å². The number of nitro benzene ring substituents is 1. The van der Waals surface area contributed by atoms with Crippen LogP contribution < -0.4 is 5.73 Å². The zero-order chi connectivity index (χ0) is 15.6. The number of halogens is 2. The van der Waals surface area contributed by atoms with Crippen molar-refractivity contribution in [3.05, 3.63) is 62.9 Å². The summed E-state index contributed by atoms with van der Waals surface area (Å²) in [4.78, 5) is 10.6. The number of nitro groups is 1. The van der Waals surface area contributed by atoms with Crippen molar-refractivity contribution in [2.45, 2.75) is 10.6 Å². The lowest BCUT2D eigenvalue weighted by Gasteiger charge is -2.06. The van der Waals surface area contributed by atoms with Crippen molar-refractivity contribution in [1.82, 2.24) is 0 Å². The maximum absolute atomic E-state index is 13.2. The molecular weight excluding hydrogens is 319 g/mol. The first-order chi connectivity index (χ1) is 9.88. The van der Waals surface area contributed by atoms with E-state index < -0.39 is 21.5 Å². The monoisotopic (exact) mass is 328 g/mol. The minimum Gasteiger partial charge on any atom is -0.398 e. The van der Waals surface area contributed by atoms with Crippen molar-refractivity contribution in [3.63, 3.8) is 0 Å². The van der Waals surface area contributed by atoms with Crippen molar-refractivity contribution in [2.75, 3.05) is 5.73 Å². The third-order valence-electron chi connectivity index (χ3n) is 2.76. The fourth-order valence-corrected chi connectivity index (χ4v) is 3.12. The SMILES string of the molecule is Nc1ccc(S(=O)Cc2cc(F)ccc2[N+](=O)[O-])cc1Cl. The molecule has 8 heteroatoms. The van der Waals surface area contributed by atoms with Crippen LogP contribution >= 0.6 is 11.6 Å². The minimum atomic E-state index is -1.60. The molecule has 0 heterocycles. The van der Waals surface area contributed by atoms with E-state index in [-0.39, 0.29) is 22.0 Å². The Morgan fingerprint density at radius 2 is 2.00 bits per heavy atom. The highest BCUT2D eigenvalue weighted by Gasteiger charge is 2.17. The van der Waals surface area contributed by atoms with E-state index in [4.69, 9.17) is 17.3 Å². The summed E-state index contributed by atoms with van der Waals surface area (Å²) in [6.45, 7) is 0. The van der Waals surface area contributed by atoms with Crippen LogP contribution in [0.15, 0.2) is 41.3 Å². The van der Waals surface area contributed by atoms with Gasteiger partial charge in [-0.3, -0.25) is 14.3 Å². The zero-order valence-electron chi connectivity index (χ0n) is 10.6. The highest BCUT2D eigenvalue weighted by atomic mass is 35.5. The van der Waals surface area contributed by atoms with Crippen LogP contribution in [-0.4, -0.2) is 9.13 Å². The van der Waals surface area contributed by atoms with E-state index in [1.807, 2.05) is 0 Å². The number of benzene rings is 2. The normalized spacial score (nSPS) is 12.1. The molecule has 2 aromatic rings. The minimum absolute atomic E-state index is 0.0614. The summed E-state index contributed by atoms with van der Waals surface area (Å²) in [5.74, 6) is -0.808. The first-order valence-electron chi connectivity index (χ1n) is 5.74. The Labute approximate surface area is 127 Å². The first kappa shape index (κ1) is 15.4. The van der Waals surface area contributed by atoms with Crippen LogP contribution in [0.4, 0.5) is 15.8 Å². The lowest BCUT2D eigenvalue weighted by atomic mass is 10.2. The quantitative estimate of drug-likeness (QED) is 0.530. The van der Waals surface area contributed by atoms with Gasteiger partial charge in [0.1, 0.15) is 5.82 Å². The van der Waals surface area contributed by atoms with E-state index in [0.29, 0.717) is 10.6 Å². The predicted octanol–water partition coefficient (Wildman–Crippen LogP) is 3.28. The van der Waals surface area contributed by atoms with E-state index >= 15 is 0 Å². The van der Waals surface area contributed by atoms with Gasteiger partial charge in [0.05, 0.1) is 32.2 Å². The molecule has 1 unspecified atom stereocenters. The standard InChI is InChI=1S/C13H10ClFN2O3S/c14-11-6-10(2-3-12(11)16)21(20)7-8-5-9(15)1-4-13(8)17(18)19/h1-6H,7,16H2. The predicted molar refractivity (Wildman–Crippen MR) is 79.0 cm³/mol. The van der Waals surface area contributed by atoms with Gasteiger partial charge in [0.15, 0.2) is 0 Å². The van der Waals surface area contributed by atoms with E-state index in [2.05, 4.69) is 0 Å². The molecule has 2 N–H and O–H groups in total. The highest BCUT2D eigenvalue weighted by Crippen LogP contribution is 2.26. The Morgan fingerprint density at radius 1 is 1.29 bits per heavy atom. The fraction of sp³-hybridized carbons (Fsp3) is 0.0769. The zero-order valence-corrected chi connectivity index (χ0v) is 12.2. The number of anilines is 1. The Morgan fingerprint density at radius 3 is 2.62 bits per heavy atom. The third-order valence-corrected chi connectivity index (χ3v) is 4.44. The van der Waals surface area contributed by atoms with Crippen molar-refractivity contribution in [2.24, 2.45) is 0 Å². The first-order valence-corrected chi connectivity index (χ1v) is 7.44. The van der Waals surface area contributed by atoms with Gasteiger partial charge in [-0.25, -0.2) is 4.39 Å². The van der Waals surface area contributed by atoms with Gasteiger partial charge in [0.25, 0.3) is 5.69 Å². The van der Waals surface area contributed by atoms with Crippen LogP contribution in [-0.2, 0) is 16.6 Å². The second-order valence-electron chi connectivity index (χ2n) is 4.20. The second kappa shape index (κ2) is 6.19. The van der Waals surface area contributed by atoms with Gasteiger partial charge in [-0.05, 0) is 30.3 Å². The van der Waals surface area contributed by atoms with Crippen LogP contribution in [0.5, 0.6) is 0 Å². The van der Waals surface area contributed by atoms with E-state index in [9.17, 15) is 18.7 Å². The Bertz CT molecular complexity index is 739. The molecule has 0 aromatic heterocycles. The topological polar surface area (TPSA) is 86.2 Å². The molecule has 5 nitrogen and oxygen atoms in total. The van der Waals surface area contributed by atoms with Gasteiger partial charge >= 0.3 is 0 Å². The lowest BCUT2D eigenvalue weighted by Crippen LogP contribution is -2.02. The Kier molecular flexibility index (Phi) is 4.54. The molecule has 0 saturated heterocycles. The maximum Gasteiger partial charge on any atom is 0.273 e. The molecule has 0 bridgehead atoms. The summed E-state index contributed by atoms with van der Waals surface area (Å²) in [7, 11) is -1.60. The van der Waals surface area contributed by atoms with Crippen LogP contribution in [0, 0.1) is 15.9 Å². The molecule has 2 aromatic carbocycles. The Hall–Kier alpha value is -1.99. The van der Waals surface area contributed by atoms with E-state index in [0.717, 1.165) is 18.2 Å². The number of nitrogen functional groups attached to an aromatic ring is 1. The van der Waals surface area contributed by atoms with Gasteiger partial charge in [0, 0.05) is 16.5 Å². The molecule has 0 amide bonds. The number of hydrogen-bond acceptors (Lipinski definition) is 4. The molecule has 0 spiro atoms. The summed E-state index contributed by atoms with van der Waals surface area (Å²) in [6, 6.07) is 7.49. The number of rotatable bonds is 4. The van der Waals surface area contributed by atoms with Gasteiger partial charge in [-0.1, -0.05) is 11.6 Å². The van der Waals surface area contributed by atoms with Gasteiger partial charge < -0.3 is 5.73 Å². The largest absolute Gasteiger partial charge is 0.398 e. The van der Waals surface area contributed by atoms with Crippen LogP contribution in [0.2, 0.25) is 5.02 Å². The van der Waals surface area contributed by atoms with Gasteiger partial charge in [-0.2, -0.15) is 0 Å². The molecule has 0 aliphatic heterocycles. The molecule has 0 radical (unpaired) electrons. The molecule has 1 atom stereocenters. The van der Waals surface area contributed by atoms with Gasteiger partial charge in [0.2, 0.25) is 0 Å². The summed E-state index contributed by atoms with van der Waals surface area (Å²) < 4.78 is 25.5. The maximum atomic E-state index is 13.2. The number of nitrogens with two attached hydrogens (primary N) is 1. The highest BCUT2D eigenvalue weighted by molar-refractivity contribution is 7.84. The van der Waals surface area contributed by atoms with Crippen LogP contribution in [0.1, 0.15) is 5.56 Å². The van der Waals surface area contributed by atoms with Crippen molar-refractivity contribution >= 4 is 33.8 Å². The summed E-state index contributed by atoms with van der Waals surface area (Å²) in [6.07, 6.45) is 0. The van der Waals surface area contributed by atoms with Crippen molar-refractivity contribution < 1.29 is 13.5 Å². The lowest BCUT2D eigenvalue weighted by molar-refractivity contribution is -0.385. The van der Waals surface area contributed by atoms with Crippen molar-refractivity contribution in [1.29, 1.82) is 0 Å². The van der Waals surface area contributed by atoms with E-state index in [1.54, 1.807) is 0 Å². The number of hydrogen-bond donors (Lipinski definition) is 1. The fourth-order valence-electron chi connectivity index (χ4n) is 1.72.